The van der Waals surface area contributed by atoms with Crippen LogP contribution in [0.3, 0.4) is 0 Å². The molecule has 0 spiro atoms. The highest BCUT2D eigenvalue weighted by Gasteiger charge is 2.01. The van der Waals surface area contributed by atoms with Crippen LogP contribution in [0.4, 0.5) is 5.69 Å². The Morgan fingerprint density at radius 2 is 1.76 bits per heavy atom. The van der Waals surface area contributed by atoms with E-state index in [9.17, 15) is 4.79 Å². The number of para-hydroxylation sites is 2. The number of anilines is 1. The molecule has 0 aliphatic heterocycles. The standard InChI is InChI=1S/C9H11NO2.Cl2O2S/c1-7(11)10-8-5-3-4-6-9(8)12-2;1-5(2,3)4/h3-6H,1-2H3,(H,10,11);. The molecule has 8 heteroatoms. The maximum atomic E-state index is 10.7. The molecular weight excluding hydrogens is 289 g/mol. The van der Waals surface area contributed by atoms with Crippen molar-refractivity contribution in [3.63, 3.8) is 0 Å². The first-order valence-electron chi connectivity index (χ1n) is 4.29. The predicted octanol–water partition coefficient (Wildman–Crippen LogP) is 2.36. The van der Waals surface area contributed by atoms with Crippen molar-refractivity contribution >= 4 is 41.2 Å². The third-order valence-electron chi connectivity index (χ3n) is 1.42. The summed E-state index contributed by atoms with van der Waals surface area (Å²) in [4.78, 5) is 10.7. The van der Waals surface area contributed by atoms with Crippen LogP contribution in [0.1, 0.15) is 6.92 Å². The van der Waals surface area contributed by atoms with Crippen molar-refractivity contribution < 1.29 is 17.9 Å². The maximum absolute atomic E-state index is 10.7. The average Bonchev–Trinajstić information content (AvgIpc) is 2.15. The Labute approximate surface area is 109 Å². The van der Waals surface area contributed by atoms with Gasteiger partial charge in [0.2, 0.25) is 5.91 Å². The van der Waals surface area contributed by atoms with Crippen molar-refractivity contribution in [1.29, 1.82) is 0 Å². The van der Waals surface area contributed by atoms with E-state index in [1.54, 1.807) is 19.2 Å². The number of rotatable bonds is 2. The van der Waals surface area contributed by atoms with Gasteiger partial charge in [-0.3, -0.25) is 4.79 Å². The third-order valence-corrected chi connectivity index (χ3v) is 1.42. The van der Waals surface area contributed by atoms with E-state index in [4.69, 9.17) is 13.2 Å². The van der Waals surface area contributed by atoms with Crippen LogP contribution in [0.5, 0.6) is 5.75 Å². The summed E-state index contributed by atoms with van der Waals surface area (Å²) in [5, 5.41) is 2.66. The highest BCUT2D eigenvalue weighted by atomic mass is 36.0. The number of amides is 1. The Morgan fingerprint density at radius 1 is 1.29 bits per heavy atom. The number of carbonyl (C=O) groups excluding carboxylic acids is 1. The maximum Gasteiger partial charge on any atom is 0.317 e. The van der Waals surface area contributed by atoms with E-state index >= 15 is 0 Å². The lowest BCUT2D eigenvalue weighted by Gasteiger charge is -2.07. The number of benzene rings is 1. The zero-order valence-corrected chi connectivity index (χ0v) is 11.4. The summed E-state index contributed by atoms with van der Waals surface area (Å²) in [5.41, 5.74) is 0.701. The molecule has 17 heavy (non-hydrogen) atoms. The number of carbonyl (C=O) groups is 1. The van der Waals surface area contributed by atoms with Gasteiger partial charge in [0.05, 0.1) is 12.8 Å². The van der Waals surface area contributed by atoms with Crippen LogP contribution < -0.4 is 10.1 Å². The first-order valence-corrected chi connectivity index (χ1v) is 7.42. The van der Waals surface area contributed by atoms with Gasteiger partial charge < -0.3 is 10.1 Å². The molecule has 0 atom stereocenters. The number of hydrogen-bond donors (Lipinski definition) is 1. The lowest BCUT2D eigenvalue weighted by Crippen LogP contribution is -2.06. The monoisotopic (exact) mass is 299 g/mol. The molecule has 96 valence electrons. The minimum atomic E-state index is -3.72. The van der Waals surface area contributed by atoms with E-state index in [1.807, 2.05) is 12.1 Å². The van der Waals surface area contributed by atoms with Gasteiger partial charge in [0.25, 0.3) is 0 Å². The van der Waals surface area contributed by atoms with Gasteiger partial charge in [0.1, 0.15) is 5.75 Å². The zero-order chi connectivity index (χ0) is 13.5. The van der Waals surface area contributed by atoms with Gasteiger partial charge in [-0.2, -0.15) is 8.42 Å². The minimum Gasteiger partial charge on any atom is -0.495 e. The molecule has 0 aromatic heterocycles. The van der Waals surface area contributed by atoms with Gasteiger partial charge in [0, 0.05) is 28.3 Å². The number of ether oxygens (including phenoxy) is 1. The summed E-state index contributed by atoms with van der Waals surface area (Å²) < 4.78 is 23.4. The van der Waals surface area contributed by atoms with Crippen molar-refractivity contribution in [2.24, 2.45) is 0 Å². The van der Waals surface area contributed by atoms with Crippen molar-refractivity contribution in [1.82, 2.24) is 0 Å². The zero-order valence-electron chi connectivity index (χ0n) is 9.11. The Morgan fingerprint density at radius 3 is 2.18 bits per heavy atom. The molecule has 5 nitrogen and oxygen atoms in total. The van der Waals surface area contributed by atoms with Crippen molar-refractivity contribution in [3.8, 4) is 5.75 Å². The first kappa shape index (κ1) is 16.0. The van der Waals surface area contributed by atoms with Crippen molar-refractivity contribution in [3.05, 3.63) is 24.3 Å². The van der Waals surface area contributed by atoms with Crippen LogP contribution in [-0.4, -0.2) is 21.4 Å². The van der Waals surface area contributed by atoms with Crippen LogP contribution in [0.25, 0.3) is 0 Å². The molecule has 0 radical (unpaired) electrons. The van der Waals surface area contributed by atoms with Crippen molar-refractivity contribution in [2.45, 2.75) is 6.92 Å². The van der Waals surface area contributed by atoms with E-state index in [2.05, 4.69) is 26.7 Å². The molecule has 0 saturated heterocycles. The van der Waals surface area contributed by atoms with Gasteiger partial charge in [-0.25, -0.2) is 0 Å². The molecule has 1 N–H and O–H groups in total. The smallest absolute Gasteiger partial charge is 0.317 e. The molecule has 1 rings (SSSR count). The topological polar surface area (TPSA) is 72.5 Å². The highest BCUT2D eigenvalue weighted by Crippen LogP contribution is 2.22. The van der Waals surface area contributed by atoms with E-state index in [-0.39, 0.29) is 5.91 Å². The first-order chi connectivity index (χ1) is 7.74. The Balaban J connectivity index is 0.000000437. The molecule has 0 bridgehead atoms. The Hall–Kier alpha value is -0.980. The van der Waals surface area contributed by atoms with Crippen LogP contribution in [0, 0.1) is 0 Å². The summed E-state index contributed by atoms with van der Waals surface area (Å²) in [6, 6.07) is 7.28. The lowest BCUT2D eigenvalue weighted by molar-refractivity contribution is -0.114. The normalized spacial score (nSPS) is 9.88. The van der Waals surface area contributed by atoms with Crippen LogP contribution in [0.15, 0.2) is 24.3 Å². The molecule has 0 heterocycles. The SMILES string of the molecule is COc1ccccc1NC(C)=O.O=S(=O)(Cl)Cl. The summed E-state index contributed by atoms with van der Waals surface area (Å²) in [7, 11) is 6.38. The Kier molecular flexibility index (Phi) is 6.94. The van der Waals surface area contributed by atoms with Gasteiger partial charge in [-0.1, -0.05) is 12.1 Å². The van der Waals surface area contributed by atoms with Crippen LogP contribution in [-0.2, 0) is 13.1 Å². The van der Waals surface area contributed by atoms with E-state index in [0.717, 1.165) is 0 Å². The second-order valence-electron chi connectivity index (χ2n) is 2.76. The lowest BCUT2D eigenvalue weighted by atomic mass is 10.3. The van der Waals surface area contributed by atoms with E-state index in [0.29, 0.717) is 11.4 Å². The van der Waals surface area contributed by atoms with Gasteiger partial charge >= 0.3 is 8.26 Å². The third kappa shape index (κ3) is 9.92. The molecular formula is C9H11Cl2NO4S. The quantitative estimate of drug-likeness (QED) is 0.851. The largest absolute Gasteiger partial charge is 0.495 e. The van der Waals surface area contributed by atoms with Gasteiger partial charge in [-0.15, -0.1) is 0 Å². The van der Waals surface area contributed by atoms with Gasteiger partial charge in [0.15, 0.2) is 0 Å². The fourth-order valence-electron chi connectivity index (χ4n) is 0.938. The molecule has 0 aliphatic carbocycles. The molecule has 1 amide bonds. The molecule has 0 aliphatic rings. The fraction of sp³-hybridized carbons (Fsp3) is 0.222. The van der Waals surface area contributed by atoms with Crippen LogP contribution >= 0.6 is 21.4 Å². The second kappa shape index (κ2) is 7.37. The highest BCUT2D eigenvalue weighted by molar-refractivity contribution is 8.31. The Bertz CT molecular complexity index is 468. The number of hydrogen-bond acceptors (Lipinski definition) is 4. The molecule has 0 unspecified atom stereocenters. The van der Waals surface area contributed by atoms with E-state index < -0.39 is 8.26 Å². The number of nitrogens with one attached hydrogen (secondary N) is 1. The summed E-state index contributed by atoms with van der Waals surface area (Å²) in [6.07, 6.45) is 0. The summed E-state index contributed by atoms with van der Waals surface area (Å²) in [5.74, 6) is 0.576. The van der Waals surface area contributed by atoms with Gasteiger partial charge in [-0.05, 0) is 12.1 Å². The average molecular weight is 300 g/mol. The second-order valence-corrected chi connectivity index (χ2v) is 6.43. The summed E-state index contributed by atoms with van der Waals surface area (Å²) in [6.45, 7) is 1.46. The van der Waals surface area contributed by atoms with E-state index in [1.165, 1.54) is 6.92 Å². The molecule has 0 fully saturated rings. The number of methoxy groups -OCH3 is 1. The summed E-state index contributed by atoms with van der Waals surface area (Å²) >= 11 is 0. The van der Waals surface area contributed by atoms with Crippen LogP contribution in [0.2, 0.25) is 0 Å². The fourth-order valence-corrected chi connectivity index (χ4v) is 0.938. The number of halogens is 2. The molecule has 1 aromatic rings. The molecule has 1 aromatic carbocycles. The van der Waals surface area contributed by atoms with Crippen molar-refractivity contribution in [2.75, 3.05) is 12.4 Å². The predicted molar refractivity (Wildman–Crippen MR) is 67.9 cm³/mol. The minimum absolute atomic E-state index is 0.0977. The molecule has 0 saturated carbocycles.